The van der Waals surface area contributed by atoms with Gasteiger partial charge in [-0.15, -0.1) is 6.58 Å². The van der Waals surface area contributed by atoms with Crippen molar-refractivity contribution < 1.29 is 38.4 Å². The number of carbonyl (C=O) groups excluding carboxylic acids is 1. The van der Waals surface area contributed by atoms with E-state index in [9.17, 15) is 9.59 Å². The summed E-state index contributed by atoms with van der Waals surface area (Å²) in [6.07, 6.45) is -0.452. The lowest BCUT2D eigenvalue weighted by Gasteiger charge is -2.46. The number of esters is 1. The topological polar surface area (TPSA) is 101 Å². The van der Waals surface area contributed by atoms with E-state index in [4.69, 9.17) is 28.8 Å². The number of carboxylic acid groups (broad SMARTS) is 1. The first kappa shape index (κ1) is 32.1. The number of aliphatic carboxylic acids is 1. The fourth-order valence-corrected chi connectivity index (χ4v) is 5.00. The molecule has 4 rings (SSSR count). The molecule has 0 bridgehead atoms. The molecular formula is C35H40O8. The molecule has 0 aromatic heterocycles. The Morgan fingerprint density at radius 2 is 1.16 bits per heavy atom. The Balaban J connectivity index is 1.58. The van der Waals surface area contributed by atoms with E-state index in [1.807, 2.05) is 91.0 Å². The number of hydrogen-bond acceptors (Lipinski definition) is 7. The minimum absolute atomic E-state index is 0.00138. The van der Waals surface area contributed by atoms with Gasteiger partial charge in [0.1, 0.15) is 31.0 Å². The fraction of sp³-hybridized carbons (Fsp3) is 0.371. The lowest BCUT2D eigenvalue weighted by molar-refractivity contribution is -0.270. The van der Waals surface area contributed by atoms with Crippen molar-refractivity contribution in [3.05, 3.63) is 120 Å². The van der Waals surface area contributed by atoms with Gasteiger partial charge in [0.05, 0.1) is 25.9 Å². The van der Waals surface area contributed by atoms with E-state index < -0.39 is 42.5 Å². The molecule has 3 aromatic rings. The summed E-state index contributed by atoms with van der Waals surface area (Å²) in [6.45, 7) is 4.82. The zero-order valence-electron chi connectivity index (χ0n) is 24.3. The van der Waals surface area contributed by atoms with E-state index in [1.165, 1.54) is 0 Å². The summed E-state index contributed by atoms with van der Waals surface area (Å²) in [5, 5.41) is 8.91. The summed E-state index contributed by atoms with van der Waals surface area (Å²) in [4.78, 5) is 23.4. The minimum atomic E-state index is -0.954. The Labute approximate surface area is 253 Å². The molecule has 1 heterocycles. The van der Waals surface area contributed by atoms with Crippen LogP contribution >= 0.6 is 0 Å². The third kappa shape index (κ3) is 10.4. The SMILES string of the molecule is C=CC[C@H]1O[C@H](COC(=O)CCCC(=O)O)[C@@H](OCc2ccccc2)[C@H](OCc2ccccc2)[C@@H]1OCc1ccccc1. The molecule has 0 spiro atoms. The average Bonchev–Trinajstić information content (AvgIpc) is 3.03. The van der Waals surface area contributed by atoms with Crippen molar-refractivity contribution in [1.29, 1.82) is 0 Å². The summed E-state index contributed by atoms with van der Waals surface area (Å²) in [7, 11) is 0. The van der Waals surface area contributed by atoms with Crippen LogP contribution in [0.4, 0.5) is 0 Å². The van der Waals surface area contributed by atoms with E-state index >= 15 is 0 Å². The standard InChI is InChI=1S/C35H40O8/c1-2-13-29-33(40-22-26-14-6-3-7-15-26)35(42-24-28-18-10-5-11-19-28)34(41-23-27-16-8-4-9-17-27)30(43-29)25-39-32(38)21-12-20-31(36)37/h2-11,14-19,29-30,33-35H,1,12-13,20-25H2,(H,36,37)/t29-,30-,33-,34-,35-/m1/s1. The molecule has 5 atom stereocenters. The van der Waals surface area contributed by atoms with Gasteiger partial charge in [-0.1, -0.05) is 97.1 Å². The summed E-state index contributed by atoms with van der Waals surface area (Å²) in [5.41, 5.74) is 2.99. The second-order valence-electron chi connectivity index (χ2n) is 10.5. The Morgan fingerprint density at radius 1 is 0.698 bits per heavy atom. The summed E-state index contributed by atoms with van der Waals surface area (Å²) in [6, 6.07) is 29.6. The number of carboxylic acids is 1. The Kier molecular flexibility index (Phi) is 12.9. The van der Waals surface area contributed by atoms with Gasteiger partial charge in [-0.3, -0.25) is 9.59 Å². The summed E-state index contributed by atoms with van der Waals surface area (Å²) >= 11 is 0. The van der Waals surface area contributed by atoms with Crippen molar-refractivity contribution in [2.45, 2.75) is 76.0 Å². The van der Waals surface area contributed by atoms with Crippen LogP contribution in [0.2, 0.25) is 0 Å². The van der Waals surface area contributed by atoms with Crippen LogP contribution in [-0.2, 0) is 53.1 Å². The molecule has 1 N–H and O–H groups in total. The minimum Gasteiger partial charge on any atom is -0.481 e. The zero-order valence-corrected chi connectivity index (χ0v) is 24.3. The molecule has 8 heteroatoms. The maximum absolute atomic E-state index is 12.5. The lowest BCUT2D eigenvalue weighted by atomic mass is 9.92. The lowest BCUT2D eigenvalue weighted by Crippen LogP contribution is -2.61. The molecule has 3 aromatic carbocycles. The predicted octanol–water partition coefficient (Wildman–Crippen LogP) is 5.88. The summed E-state index contributed by atoms with van der Waals surface area (Å²) < 4.78 is 31.8. The predicted molar refractivity (Wildman–Crippen MR) is 161 cm³/mol. The number of rotatable bonds is 17. The highest BCUT2D eigenvalue weighted by molar-refractivity contribution is 5.71. The first-order chi connectivity index (χ1) is 21.0. The quantitative estimate of drug-likeness (QED) is 0.154. The second kappa shape index (κ2) is 17.3. The van der Waals surface area contributed by atoms with Gasteiger partial charge in [-0.2, -0.15) is 0 Å². The van der Waals surface area contributed by atoms with Crippen LogP contribution in [0, 0.1) is 0 Å². The van der Waals surface area contributed by atoms with E-state index in [-0.39, 0.29) is 25.9 Å². The molecular weight excluding hydrogens is 548 g/mol. The highest BCUT2D eigenvalue weighted by atomic mass is 16.6. The maximum Gasteiger partial charge on any atom is 0.305 e. The molecule has 0 amide bonds. The van der Waals surface area contributed by atoms with Crippen molar-refractivity contribution >= 4 is 11.9 Å². The van der Waals surface area contributed by atoms with Crippen molar-refractivity contribution in [2.75, 3.05) is 6.61 Å². The van der Waals surface area contributed by atoms with Gasteiger partial charge in [-0.05, 0) is 29.5 Å². The van der Waals surface area contributed by atoms with Gasteiger partial charge in [0.2, 0.25) is 0 Å². The molecule has 228 valence electrons. The molecule has 0 saturated carbocycles. The fourth-order valence-electron chi connectivity index (χ4n) is 5.00. The first-order valence-corrected chi connectivity index (χ1v) is 14.6. The largest absolute Gasteiger partial charge is 0.481 e. The van der Waals surface area contributed by atoms with Gasteiger partial charge in [-0.25, -0.2) is 0 Å². The second-order valence-corrected chi connectivity index (χ2v) is 10.5. The molecule has 0 unspecified atom stereocenters. The maximum atomic E-state index is 12.5. The molecule has 1 aliphatic rings. The van der Waals surface area contributed by atoms with Gasteiger partial charge in [0.15, 0.2) is 0 Å². The third-order valence-electron chi connectivity index (χ3n) is 7.16. The van der Waals surface area contributed by atoms with Crippen LogP contribution in [0.3, 0.4) is 0 Å². The zero-order chi connectivity index (χ0) is 30.3. The Morgan fingerprint density at radius 3 is 1.63 bits per heavy atom. The van der Waals surface area contributed by atoms with Gasteiger partial charge in [0, 0.05) is 12.8 Å². The van der Waals surface area contributed by atoms with E-state index in [0.29, 0.717) is 26.2 Å². The van der Waals surface area contributed by atoms with Crippen LogP contribution < -0.4 is 0 Å². The van der Waals surface area contributed by atoms with Crippen molar-refractivity contribution in [2.24, 2.45) is 0 Å². The first-order valence-electron chi connectivity index (χ1n) is 14.6. The average molecular weight is 589 g/mol. The molecule has 8 nitrogen and oxygen atoms in total. The summed E-state index contributed by atoms with van der Waals surface area (Å²) in [5.74, 6) is -1.44. The molecule has 0 radical (unpaired) electrons. The molecule has 1 saturated heterocycles. The number of carbonyl (C=O) groups is 2. The molecule has 1 fully saturated rings. The van der Waals surface area contributed by atoms with Crippen LogP contribution in [0.1, 0.15) is 42.4 Å². The number of hydrogen-bond donors (Lipinski definition) is 1. The van der Waals surface area contributed by atoms with E-state index in [1.54, 1.807) is 6.08 Å². The Bertz CT molecular complexity index is 1250. The smallest absolute Gasteiger partial charge is 0.305 e. The highest BCUT2D eigenvalue weighted by Crippen LogP contribution is 2.32. The normalized spacial score (nSPS) is 21.6. The molecule has 1 aliphatic heterocycles. The van der Waals surface area contributed by atoms with Crippen LogP contribution in [-0.4, -0.2) is 54.2 Å². The Hall–Kier alpha value is -3.82. The van der Waals surface area contributed by atoms with Gasteiger partial charge >= 0.3 is 11.9 Å². The van der Waals surface area contributed by atoms with Crippen LogP contribution in [0.5, 0.6) is 0 Å². The molecule has 43 heavy (non-hydrogen) atoms. The third-order valence-corrected chi connectivity index (χ3v) is 7.16. The number of benzene rings is 3. The molecule has 0 aliphatic carbocycles. The van der Waals surface area contributed by atoms with Gasteiger partial charge in [0.25, 0.3) is 0 Å². The van der Waals surface area contributed by atoms with Crippen LogP contribution in [0.15, 0.2) is 104 Å². The van der Waals surface area contributed by atoms with E-state index in [2.05, 4.69) is 6.58 Å². The van der Waals surface area contributed by atoms with Gasteiger partial charge < -0.3 is 28.8 Å². The van der Waals surface area contributed by atoms with Crippen molar-refractivity contribution in [3.63, 3.8) is 0 Å². The monoisotopic (exact) mass is 588 g/mol. The number of ether oxygens (including phenoxy) is 5. The van der Waals surface area contributed by atoms with Crippen LogP contribution in [0.25, 0.3) is 0 Å². The van der Waals surface area contributed by atoms with E-state index in [0.717, 1.165) is 16.7 Å². The van der Waals surface area contributed by atoms with Crippen molar-refractivity contribution in [1.82, 2.24) is 0 Å². The van der Waals surface area contributed by atoms with Crippen molar-refractivity contribution in [3.8, 4) is 0 Å². The highest BCUT2D eigenvalue weighted by Gasteiger charge is 2.48.